The summed E-state index contributed by atoms with van der Waals surface area (Å²) in [5.41, 5.74) is -0.466. The average molecular weight is 528 g/mol. The Bertz CT molecular complexity index is 1080. The van der Waals surface area contributed by atoms with Crippen molar-refractivity contribution < 1.29 is 22.8 Å². The van der Waals surface area contributed by atoms with E-state index in [2.05, 4.69) is 16.0 Å². The van der Waals surface area contributed by atoms with Gasteiger partial charge in [0.2, 0.25) is 11.8 Å². The summed E-state index contributed by atoms with van der Waals surface area (Å²) in [4.78, 5) is 26.5. The molecule has 4 rings (SSSR count). The molecule has 10 heteroatoms. The monoisotopic (exact) mass is 527 g/mol. The second-order valence-corrected chi connectivity index (χ2v) is 10.1. The van der Waals surface area contributed by atoms with Crippen molar-refractivity contribution in [1.82, 2.24) is 16.0 Å². The van der Waals surface area contributed by atoms with E-state index in [4.69, 9.17) is 23.2 Å². The van der Waals surface area contributed by atoms with Crippen molar-refractivity contribution in [2.24, 2.45) is 5.92 Å². The highest BCUT2D eigenvalue weighted by Gasteiger charge is 2.53. The van der Waals surface area contributed by atoms with Gasteiger partial charge in [0, 0.05) is 23.0 Å². The van der Waals surface area contributed by atoms with Crippen LogP contribution in [0.3, 0.4) is 0 Å². The smallest absolute Gasteiger partial charge is 0.354 e. The summed E-state index contributed by atoms with van der Waals surface area (Å²) in [6, 6.07) is 8.63. The van der Waals surface area contributed by atoms with Gasteiger partial charge in [0.05, 0.1) is 11.0 Å². The third-order valence-corrected chi connectivity index (χ3v) is 7.25. The van der Waals surface area contributed by atoms with Crippen LogP contribution in [0.25, 0.3) is 0 Å². The van der Waals surface area contributed by atoms with Gasteiger partial charge in [-0.25, -0.2) is 0 Å². The van der Waals surface area contributed by atoms with Crippen molar-refractivity contribution in [2.45, 2.75) is 43.3 Å². The number of nitrogens with one attached hydrogen (secondary N) is 3. The highest BCUT2D eigenvalue weighted by molar-refractivity contribution is 6.35. The molecular weight excluding hydrogens is 502 g/mol. The minimum absolute atomic E-state index is 0.0586. The van der Waals surface area contributed by atoms with Crippen LogP contribution in [-0.4, -0.2) is 37.5 Å². The van der Waals surface area contributed by atoms with Crippen molar-refractivity contribution in [3.63, 3.8) is 0 Å². The van der Waals surface area contributed by atoms with Crippen LogP contribution in [0, 0.1) is 5.92 Å². The maximum atomic E-state index is 13.4. The van der Waals surface area contributed by atoms with Gasteiger partial charge < -0.3 is 16.0 Å². The minimum Gasteiger partial charge on any atom is -0.354 e. The number of amides is 2. The van der Waals surface area contributed by atoms with E-state index < -0.39 is 23.2 Å². The molecule has 188 valence electrons. The minimum atomic E-state index is -4.45. The van der Waals surface area contributed by atoms with Crippen LogP contribution in [0.2, 0.25) is 10.0 Å². The molecule has 1 saturated heterocycles. The average Bonchev–Trinajstić information content (AvgIpc) is 3.43. The lowest BCUT2D eigenvalue weighted by Crippen LogP contribution is -2.51. The van der Waals surface area contributed by atoms with Gasteiger partial charge in [-0.3, -0.25) is 9.59 Å². The van der Waals surface area contributed by atoms with Gasteiger partial charge in [-0.2, -0.15) is 13.2 Å². The number of carbonyl (C=O) groups excluding carboxylic acids is 2. The quantitative estimate of drug-likeness (QED) is 0.473. The van der Waals surface area contributed by atoms with Crippen LogP contribution < -0.4 is 16.0 Å². The second kappa shape index (κ2) is 10.4. The standard InChI is InChI=1S/C25H26Cl2F3N3O2/c26-18-5-6-19(20(27)12-18)24(8-9-24)23(35)33-21(22(34)32-14-16-7-10-31-13-16)11-15-1-3-17(4-2-15)25(28,29)30/h1-6,12,16,21,31H,7-11,13-14H2,(H,32,34)(H,33,35). The van der Waals surface area contributed by atoms with Crippen molar-refractivity contribution in [3.05, 3.63) is 69.2 Å². The predicted octanol–water partition coefficient (Wildman–Crippen LogP) is 4.50. The molecular formula is C25H26Cl2F3N3O2. The third-order valence-electron chi connectivity index (χ3n) is 6.70. The summed E-state index contributed by atoms with van der Waals surface area (Å²) in [5, 5.41) is 9.81. The number of benzene rings is 2. The van der Waals surface area contributed by atoms with E-state index in [1.165, 1.54) is 12.1 Å². The molecule has 2 aromatic rings. The molecule has 1 heterocycles. The Labute approximate surface area is 211 Å². The first-order chi connectivity index (χ1) is 16.6. The Kier molecular flexibility index (Phi) is 7.64. The summed E-state index contributed by atoms with van der Waals surface area (Å²) in [7, 11) is 0. The molecule has 5 nitrogen and oxygen atoms in total. The van der Waals surface area contributed by atoms with E-state index in [1.54, 1.807) is 18.2 Å². The molecule has 0 radical (unpaired) electrons. The Hall–Kier alpha value is -2.29. The van der Waals surface area contributed by atoms with Crippen molar-refractivity contribution in [3.8, 4) is 0 Å². The fourth-order valence-corrected chi connectivity index (χ4v) is 5.04. The van der Waals surface area contributed by atoms with Crippen molar-refractivity contribution in [2.75, 3.05) is 19.6 Å². The van der Waals surface area contributed by atoms with Crippen LogP contribution in [0.15, 0.2) is 42.5 Å². The number of carbonyl (C=O) groups is 2. The van der Waals surface area contributed by atoms with Gasteiger partial charge in [-0.05, 0) is 73.7 Å². The van der Waals surface area contributed by atoms with Gasteiger partial charge >= 0.3 is 6.18 Å². The summed E-state index contributed by atoms with van der Waals surface area (Å²) < 4.78 is 38.8. The van der Waals surface area contributed by atoms with Crippen LogP contribution in [-0.2, 0) is 27.6 Å². The molecule has 0 spiro atoms. The lowest BCUT2D eigenvalue weighted by molar-refractivity contribution is -0.137. The number of hydrogen-bond acceptors (Lipinski definition) is 3. The van der Waals surface area contributed by atoms with Crippen LogP contribution in [0.4, 0.5) is 13.2 Å². The maximum Gasteiger partial charge on any atom is 0.416 e. The number of halogens is 5. The van der Waals surface area contributed by atoms with E-state index in [1.807, 2.05) is 0 Å². The molecule has 1 saturated carbocycles. The fraction of sp³-hybridized carbons (Fsp3) is 0.440. The first-order valence-corrected chi connectivity index (χ1v) is 12.3. The van der Waals surface area contributed by atoms with E-state index >= 15 is 0 Å². The van der Waals surface area contributed by atoms with Crippen molar-refractivity contribution in [1.29, 1.82) is 0 Å². The highest BCUT2D eigenvalue weighted by Crippen LogP contribution is 2.51. The molecule has 2 fully saturated rings. The Balaban J connectivity index is 1.51. The van der Waals surface area contributed by atoms with Gasteiger partial charge in [-0.1, -0.05) is 41.4 Å². The summed E-state index contributed by atoms with van der Waals surface area (Å²) in [5.74, 6) is -0.413. The predicted molar refractivity (Wildman–Crippen MR) is 128 cm³/mol. The fourth-order valence-electron chi connectivity index (χ4n) is 4.45. The SMILES string of the molecule is O=C(NCC1CCNC1)C(Cc1ccc(C(F)(F)F)cc1)NC(=O)C1(c2ccc(Cl)cc2Cl)CC1. The molecule has 2 unspecified atom stereocenters. The van der Waals surface area contributed by atoms with E-state index in [-0.39, 0.29) is 18.2 Å². The molecule has 2 atom stereocenters. The number of alkyl halides is 3. The third kappa shape index (κ3) is 6.11. The van der Waals surface area contributed by atoms with Crippen LogP contribution >= 0.6 is 23.2 Å². The van der Waals surface area contributed by atoms with Crippen LogP contribution in [0.5, 0.6) is 0 Å². The molecule has 0 bridgehead atoms. The Morgan fingerprint density at radius 2 is 1.83 bits per heavy atom. The number of hydrogen-bond donors (Lipinski definition) is 3. The largest absolute Gasteiger partial charge is 0.416 e. The highest BCUT2D eigenvalue weighted by atomic mass is 35.5. The Morgan fingerprint density at radius 3 is 2.40 bits per heavy atom. The second-order valence-electron chi connectivity index (χ2n) is 9.24. The summed E-state index contributed by atoms with van der Waals surface area (Å²) in [6.45, 7) is 2.14. The lowest BCUT2D eigenvalue weighted by atomic mass is 9.93. The van der Waals surface area contributed by atoms with Crippen LogP contribution in [0.1, 0.15) is 36.0 Å². The molecule has 2 aliphatic rings. The first kappa shape index (κ1) is 25.8. The zero-order valence-electron chi connectivity index (χ0n) is 18.9. The molecule has 3 N–H and O–H groups in total. The van der Waals surface area contributed by atoms with Gasteiger partial charge in [0.25, 0.3) is 0 Å². The molecule has 2 amide bonds. The zero-order valence-corrected chi connectivity index (χ0v) is 20.4. The lowest BCUT2D eigenvalue weighted by Gasteiger charge is -2.24. The van der Waals surface area contributed by atoms with E-state index in [0.29, 0.717) is 46.5 Å². The molecule has 1 aliphatic heterocycles. The first-order valence-electron chi connectivity index (χ1n) is 11.5. The van der Waals surface area contributed by atoms with E-state index in [9.17, 15) is 22.8 Å². The summed E-state index contributed by atoms with van der Waals surface area (Å²) in [6.07, 6.45) is -2.31. The van der Waals surface area contributed by atoms with E-state index in [0.717, 1.165) is 31.6 Å². The molecule has 1 aliphatic carbocycles. The molecule has 2 aromatic carbocycles. The maximum absolute atomic E-state index is 13.4. The Morgan fingerprint density at radius 1 is 1.11 bits per heavy atom. The van der Waals surface area contributed by atoms with Crippen molar-refractivity contribution >= 4 is 35.0 Å². The molecule has 0 aromatic heterocycles. The zero-order chi connectivity index (χ0) is 25.2. The normalized spacial score (nSPS) is 19.7. The topological polar surface area (TPSA) is 70.2 Å². The summed E-state index contributed by atoms with van der Waals surface area (Å²) >= 11 is 12.4. The van der Waals surface area contributed by atoms with Gasteiger partial charge in [-0.15, -0.1) is 0 Å². The number of rotatable bonds is 8. The molecule has 35 heavy (non-hydrogen) atoms. The van der Waals surface area contributed by atoms with Gasteiger partial charge in [0.1, 0.15) is 6.04 Å². The van der Waals surface area contributed by atoms with Gasteiger partial charge in [0.15, 0.2) is 0 Å².